The van der Waals surface area contributed by atoms with Gasteiger partial charge in [-0.1, -0.05) is 19.1 Å². The molecule has 0 saturated carbocycles. The SMILES string of the molecule is CCc1ccc2cc(CN)ccc2n1. The molecule has 0 bridgehead atoms. The molecule has 0 aliphatic carbocycles. The first-order chi connectivity index (χ1) is 6.83. The molecule has 14 heavy (non-hydrogen) atoms. The molecule has 0 aliphatic rings. The van der Waals surface area contributed by atoms with E-state index >= 15 is 0 Å². The van der Waals surface area contributed by atoms with Crippen LogP contribution in [0, 0.1) is 0 Å². The van der Waals surface area contributed by atoms with Gasteiger partial charge in [-0.15, -0.1) is 0 Å². The van der Waals surface area contributed by atoms with E-state index in [0.717, 1.165) is 23.2 Å². The Morgan fingerprint density at radius 3 is 2.79 bits per heavy atom. The van der Waals surface area contributed by atoms with Gasteiger partial charge in [-0.05, 0) is 30.2 Å². The quantitative estimate of drug-likeness (QED) is 0.781. The van der Waals surface area contributed by atoms with Crippen LogP contribution >= 0.6 is 0 Å². The molecule has 2 nitrogen and oxygen atoms in total. The molecule has 0 fully saturated rings. The zero-order valence-corrected chi connectivity index (χ0v) is 8.33. The summed E-state index contributed by atoms with van der Waals surface area (Å²) in [5, 5.41) is 1.17. The lowest BCUT2D eigenvalue weighted by Crippen LogP contribution is -1.96. The van der Waals surface area contributed by atoms with Crippen LogP contribution in [0.3, 0.4) is 0 Å². The summed E-state index contributed by atoms with van der Waals surface area (Å²) in [6.07, 6.45) is 0.981. The third-order valence-electron chi connectivity index (χ3n) is 2.41. The lowest BCUT2D eigenvalue weighted by atomic mass is 10.1. The molecule has 1 aromatic carbocycles. The molecule has 1 heterocycles. The number of aryl methyl sites for hydroxylation is 1. The van der Waals surface area contributed by atoms with Gasteiger partial charge in [0.25, 0.3) is 0 Å². The van der Waals surface area contributed by atoms with Crippen LogP contribution < -0.4 is 5.73 Å². The fourth-order valence-electron chi connectivity index (χ4n) is 1.54. The van der Waals surface area contributed by atoms with Gasteiger partial charge in [0, 0.05) is 17.6 Å². The van der Waals surface area contributed by atoms with Gasteiger partial charge in [0.05, 0.1) is 5.52 Å². The van der Waals surface area contributed by atoms with Crippen LogP contribution in [0.4, 0.5) is 0 Å². The lowest BCUT2D eigenvalue weighted by Gasteiger charge is -2.02. The van der Waals surface area contributed by atoms with Gasteiger partial charge in [-0.3, -0.25) is 4.98 Å². The highest BCUT2D eigenvalue weighted by molar-refractivity contribution is 5.79. The molecule has 0 saturated heterocycles. The number of rotatable bonds is 2. The zero-order chi connectivity index (χ0) is 9.97. The highest BCUT2D eigenvalue weighted by Gasteiger charge is 1.97. The van der Waals surface area contributed by atoms with E-state index in [4.69, 9.17) is 5.73 Å². The van der Waals surface area contributed by atoms with Crippen molar-refractivity contribution in [3.63, 3.8) is 0 Å². The van der Waals surface area contributed by atoms with E-state index in [-0.39, 0.29) is 0 Å². The molecule has 0 spiro atoms. The second-order valence-corrected chi connectivity index (χ2v) is 3.39. The summed E-state index contributed by atoms with van der Waals surface area (Å²) in [5.74, 6) is 0. The number of nitrogens with zero attached hydrogens (tertiary/aromatic N) is 1. The second-order valence-electron chi connectivity index (χ2n) is 3.39. The van der Waals surface area contributed by atoms with Gasteiger partial charge >= 0.3 is 0 Å². The Morgan fingerprint density at radius 1 is 1.21 bits per heavy atom. The average molecular weight is 186 g/mol. The van der Waals surface area contributed by atoms with Crippen molar-refractivity contribution < 1.29 is 0 Å². The molecule has 0 aliphatic heterocycles. The molecule has 0 radical (unpaired) electrons. The predicted octanol–water partition coefficient (Wildman–Crippen LogP) is 2.26. The van der Waals surface area contributed by atoms with Gasteiger partial charge < -0.3 is 5.73 Å². The van der Waals surface area contributed by atoms with Crippen molar-refractivity contribution in [2.45, 2.75) is 19.9 Å². The molecule has 2 aromatic rings. The first kappa shape index (κ1) is 9.16. The van der Waals surface area contributed by atoms with Crippen molar-refractivity contribution in [3.05, 3.63) is 41.6 Å². The van der Waals surface area contributed by atoms with Crippen molar-refractivity contribution in [1.82, 2.24) is 4.98 Å². The van der Waals surface area contributed by atoms with Crippen LogP contribution in [0.5, 0.6) is 0 Å². The smallest absolute Gasteiger partial charge is 0.0705 e. The van der Waals surface area contributed by atoms with Gasteiger partial charge in [0.1, 0.15) is 0 Å². The summed E-state index contributed by atoms with van der Waals surface area (Å²) in [6, 6.07) is 10.4. The third-order valence-corrected chi connectivity index (χ3v) is 2.41. The third kappa shape index (κ3) is 1.61. The summed E-state index contributed by atoms with van der Waals surface area (Å²) in [6.45, 7) is 2.70. The van der Waals surface area contributed by atoms with E-state index in [1.165, 1.54) is 5.39 Å². The Balaban J connectivity index is 2.57. The van der Waals surface area contributed by atoms with Crippen LogP contribution in [0.25, 0.3) is 10.9 Å². The van der Waals surface area contributed by atoms with Gasteiger partial charge in [0.2, 0.25) is 0 Å². The number of hydrogen-bond acceptors (Lipinski definition) is 2. The molecule has 2 heteroatoms. The number of nitrogens with two attached hydrogens (primary N) is 1. The maximum Gasteiger partial charge on any atom is 0.0705 e. The topological polar surface area (TPSA) is 38.9 Å². The maximum atomic E-state index is 5.58. The number of aromatic nitrogens is 1. The van der Waals surface area contributed by atoms with Gasteiger partial charge in [-0.25, -0.2) is 0 Å². The fraction of sp³-hybridized carbons (Fsp3) is 0.250. The van der Waals surface area contributed by atoms with E-state index in [1.54, 1.807) is 0 Å². The summed E-state index contributed by atoms with van der Waals surface area (Å²) in [4.78, 5) is 4.53. The van der Waals surface area contributed by atoms with Crippen molar-refractivity contribution >= 4 is 10.9 Å². The van der Waals surface area contributed by atoms with Crippen LogP contribution in [-0.2, 0) is 13.0 Å². The van der Waals surface area contributed by atoms with E-state index < -0.39 is 0 Å². The lowest BCUT2D eigenvalue weighted by molar-refractivity contribution is 1.05. The number of hydrogen-bond donors (Lipinski definition) is 1. The van der Waals surface area contributed by atoms with Crippen LogP contribution in [0.15, 0.2) is 30.3 Å². The molecular formula is C12H14N2. The molecule has 72 valence electrons. The van der Waals surface area contributed by atoms with E-state index in [1.807, 2.05) is 12.1 Å². The van der Waals surface area contributed by atoms with E-state index in [0.29, 0.717) is 6.54 Å². The minimum Gasteiger partial charge on any atom is -0.326 e. The first-order valence-electron chi connectivity index (χ1n) is 4.92. The predicted molar refractivity (Wildman–Crippen MR) is 59.0 cm³/mol. The summed E-state index contributed by atoms with van der Waals surface area (Å²) in [7, 11) is 0. The molecule has 1 aromatic heterocycles. The second kappa shape index (κ2) is 3.76. The number of fused-ring (bicyclic) bond motifs is 1. The number of benzene rings is 1. The fourth-order valence-corrected chi connectivity index (χ4v) is 1.54. The van der Waals surface area contributed by atoms with Crippen molar-refractivity contribution in [2.75, 3.05) is 0 Å². The first-order valence-corrected chi connectivity index (χ1v) is 4.92. The standard InChI is InChI=1S/C12H14N2/c1-2-11-5-4-10-7-9(8-13)3-6-12(10)14-11/h3-7H,2,8,13H2,1H3. The summed E-state index contributed by atoms with van der Waals surface area (Å²) >= 11 is 0. The molecular weight excluding hydrogens is 172 g/mol. The summed E-state index contributed by atoms with van der Waals surface area (Å²) < 4.78 is 0. The molecule has 0 amide bonds. The molecule has 2 N–H and O–H groups in total. The Bertz CT molecular complexity index is 406. The maximum absolute atomic E-state index is 5.58. The Hall–Kier alpha value is -1.41. The molecule has 0 unspecified atom stereocenters. The van der Waals surface area contributed by atoms with E-state index in [2.05, 4.69) is 30.1 Å². The Kier molecular flexibility index (Phi) is 2.46. The van der Waals surface area contributed by atoms with Crippen LogP contribution in [0.1, 0.15) is 18.2 Å². The minimum absolute atomic E-state index is 0.589. The average Bonchev–Trinajstić information content (AvgIpc) is 2.27. The summed E-state index contributed by atoms with van der Waals surface area (Å²) in [5.41, 5.74) is 8.93. The normalized spacial score (nSPS) is 10.7. The van der Waals surface area contributed by atoms with Crippen molar-refractivity contribution in [2.24, 2.45) is 5.73 Å². The van der Waals surface area contributed by atoms with Crippen molar-refractivity contribution in [1.29, 1.82) is 0 Å². The monoisotopic (exact) mass is 186 g/mol. The molecule has 2 rings (SSSR count). The highest BCUT2D eigenvalue weighted by Crippen LogP contribution is 2.14. The van der Waals surface area contributed by atoms with Crippen LogP contribution in [-0.4, -0.2) is 4.98 Å². The highest BCUT2D eigenvalue weighted by atomic mass is 14.7. The minimum atomic E-state index is 0.589. The van der Waals surface area contributed by atoms with Crippen molar-refractivity contribution in [3.8, 4) is 0 Å². The Labute approximate surface area is 83.8 Å². The van der Waals surface area contributed by atoms with E-state index in [9.17, 15) is 0 Å². The van der Waals surface area contributed by atoms with Crippen LogP contribution in [0.2, 0.25) is 0 Å². The zero-order valence-electron chi connectivity index (χ0n) is 8.33. The van der Waals surface area contributed by atoms with Gasteiger partial charge in [-0.2, -0.15) is 0 Å². The largest absolute Gasteiger partial charge is 0.326 e. The Morgan fingerprint density at radius 2 is 2.07 bits per heavy atom. The number of pyridine rings is 1. The molecule has 0 atom stereocenters. The van der Waals surface area contributed by atoms with Gasteiger partial charge in [0.15, 0.2) is 0 Å².